The van der Waals surface area contributed by atoms with Gasteiger partial charge in [0, 0.05) is 0 Å². The van der Waals surface area contributed by atoms with Gasteiger partial charge in [-0.1, -0.05) is 116 Å². The van der Waals surface area contributed by atoms with Crippen LogP contribution < -0.4 is 0 Å². The van der Waals surface area contributed by atoms with Crippen LogP contribution >= 0.6 is 0 Å². The maximum absolute atomic E-state index is 3.59. The van der Waals surface area contributed by atoms with Crippen LogP contribution in [0.4, 0.5) is 0 Å². The summed E-state index contributed by atoms with van der Waals surface area (Å²) in [5.74, 6) is 0. The number of allylic oxidation sites excluding steroid dienone is 18. The molecule has 0 heteroatoms. The van der Waals surface area contributed by atoms with Gasteiger partial charge in [-0.05, 0) is 6.08 Å². The van der Waals surface area contributed by atoms with Crippen LogP contribution in [0.5, 0.6) is 0 Å². The molecule has 0 aliphatic heterocycles. The van der Waals surface area contributed by atoms with Crippen LogP contribution in [-0.4, -0.2) is 0 Å². The van der Waals surface area contributed by atoms with Crippen LogP contribution in [-0.2, 0) is 0 Å². The van der Waals surface area contributed by atoms with Gasteiger partial charge in [0.25, 0.3) is 0 Å². The summed E-state index contributed by atoms with van der Waals surface area (Å²) in [7, 11) is 0. The van der Waals surface area contributed by atoms with Crippen LogP contribution in [0.15, 0.2) is 116 Å². The van der Waals surface area contributed by atoms with E-state index in [1.807, 2.05) is 91.1 Å². The third-order valence-corrected chi connectivity index (χ3v) is 1.91. The first-order valence-electron chi connectivity index (χ1n) is 6.38. The average molecular weight is 261 g/mol. The minimum atomic E-state index is 1.75. The van der Waals surface area contributed by atoms with Gasteiger partial charge < -0.3 is 0 Å². The van der Waals surface area contributed by atoms with Crippen LogP contribution in [0.1, 0.15) is 0 Å². The first kappa shape index (κ1) is 17.4. The Morgan fingerprint density at radius 2 is 0.750 bits per heavy atom. The van der Waals surface area contributed by atoms with Crippen molar-refractivity contribution in [2.45, 2.75) is 0 Å². The van der Waals surface area contributed by atoms with Gasteiger partial charge in [0.05, 0.1) is 0 Å². The first-order valence-corrected chi connectivity index (χ1v) is 6.38. The normalized spacial score (nSPS) is 13.8. The predicted octanol–water partition coefficient (Wildman–Crippen LogP) is 5.61. The molecule has 0 saturated heterocycles. The summed E-state index contributed by atoms with van der Waals surface area (Å²) in [6.07, 6.45) is 35.4. The third-order valence-electron chi connectivity index (χ3n) is 1.91. The van der Waals surface area contributed by atoms with Crippen molar-refractivity contribution in [2.75, 3.05) is 0 Å². The van der Waals surface area contributed by atoms with Crippen molar-refractivity contribution in [3.8, 4) is 0 Å². The van der Waals surface area contributed by atoms with Crippen LogP contribution in [0.2, 0.25) is 0 Å². The Morgan fingerprint density at radius 3 is 1.05 bits per heavy atom. The number of hydrogen-bond acceptors (Lipinski definition) is 0. The highest BCUT2D eigenvalue weighted by Crippen LogP contribution is 1.86. The van der Waals surface area contributed by atoms with Crippen molar-refractivity contribution in [3.63, 3.8) is 0 Å². The average Bonchev–Trinajstić information content (AvgIpc) is 2.47. The van der Waals surface area contributed by atoms with E-state index in [1.165, 1.54) is 0 Å². The fraction of sp³-hybridized carbons (Fsp3) is 0. The second kappa shape index (κ2) is 16.4. The second-order valence-corrected chi connectivity index (χ2v) is 3.49. The van der Waals surface area contributed by atoms with E-state index in [0.29, 0.717) is 0 Å². The summed E-state index contributed by atoms with van der Waals surface area (Å²) < 4.78 is 0. The summed E-state index contributed by atoms with van der Waals surface area (Å²) in [5, 5.41) is 0. The molecule has 0 fully saturated rings. The molecular weight excluding hydrogens is 240 g/mol. The smallest absolute Gasteiger partial charge is 0.0262 e. The van der Waals surface area contributed by atoms with Gasteiger partial charge in [0.2, 0.25) is 0 Å². The lowest BCUT2D eigenvalue weighted by molar-refractivity contribution is 1.82. The summed E-state index contributed by atoms with van der Waals surface area (Å²) in [6.45, 7) is 7.06. The Labute approximate surface area is 123 Å². The van der Waals surface area contributed by atoms with Gasteiger partial charge >= 0.3 is 0 Å². The highest BCUT2D eigenvalue weighted by Gasteiger charge is 1.64. The highest BCUT2D eigenvalue weighted by molar-refractivity contribution is 5.21. The van der Waals surface area contributed by atoms with E-state index >= 15 is 0 Å². The van der Waals surface area contributed by atoms with Crippen molar-refractivity contribution in [1.29, 1.82) is 0 Å². The minimum Gasteiger partial charge on any atom is -0.0991 e. The van der Waals surface area contributed by atoms with Gasteiger partial charge in [-0.2, -0.15) is 0 Å². The minimum absolute atomic E-state index is 1.75. The lowest BCUT2D eigenvalue weighted by Gasteiger charge is -1.75. The van der Waals surface area contributed by atoms with Gasteiger partial charge in [0.15, 0.2) is 0 Å². The third kappa shape index (κ3) is 15.4. The maximum atomic E-state index is 3.59. The van der Waals surface area contributed by atoms with Gasteiger partial charge in [-0.3, -0.25) is 0 Å². The zero-order valence-electron chi connectivity index (χ0n) is 11.7. The molecule has 0 bridgehead atoms. The Morgan fingerprint density at radius 1 is 0.450 bits per heavy atom. The molecule has 0 aliphatic rings. The summed E-state index contributed by atoms with van der Waals surface area (Å²) in [6, 6.07) is 0. The molecule has 20 heavy (non-hydrogen) atoms. The zero-order valence-corrected chi connectivity index (χ0v) is 11.7. The molecule has 0 amide bonds. The predicted molar refractivity (Wildman–Crippen MR) is 92.2 cm³/mol. The summed E-state index contributed by atoms with van der Waals surface area (Å²) in [4.78, 5) is 0. The fourth-order valence-corrected chi connectivity index (χ4v) is 1.04. The molecule has 0 N–H and O–H groups in total. The molecule has 0 aliphatic carbocycles. The standard InChI is InChI=1S/C20H21/c1-3-5-7-9-11-13-15-17-19-20-18-16-14-12-10-8-6-4-2/h3,5-20H,1-2H2/b7-5+,8-6+,11-9+,12-10+,15-13+,16-14+,19-17+,20-18+. The Balaban J connectivity index is 3.86. The first-order chi connectivity index (χ1) is 9.91. The van der Waals surface area contributed by atoms with E-state index in [2.05, 4.69) is 19.2 Å². The maximum Gasteiger partial charge on any atom is -0.0262 e. The monoisotopic (exact) mass is 261 g/mol. The molecule has 0 saturated carbocycles. The summed E-state index contributed by atoms with van der Waals surface area (Å²) >= 11 is 0. The molecule has 0 heterocycles. The van der Waals surface area contributed by atoms with Gasteiger partial charge in [-0.25, -0.2) is 0 Å². The quantitative estimate of drug-likeness (QED) is 0.473. The molecule has 1 radical (unpaired) electrons. The van der Waals surface area contributed by atoms with Crippen molar-refractivity contribution in [3.05, 3.63) is 123 Å². The van der Waals surface area contributed by atoms with Crippen LogP contribution in [0.25, 0.3) is 0 Å². The molecule has 0 rings (SSSR count). The highest BCUT2D eigenvalue weighted by atomic mass is 13.7. The SMILES string of the molecule is C=[C]/C=C/C=C/C=C/C=C/C=C/C=C/C=C/C=C/C=C. The van der Waals surface area contributed by atoms with E-state index < -0.39 is 0 Å². The fourth-order valence-electron chi connectivity index (χ4n) is 1.04. The van der Waals surface area contributed by atoms with Crippen LogP contribution in [0, 0.1) is 6.08 Å². The lowest BCUT2D eigenvalue weighted by Crippen LogP contribution is -1.53. The van der Waals surface area contributed by atoms with Crippen LogP contribution in [0.3, 0.4) is 0 Å². The summed E-state index contributed by atoms with van der Waals surface area (Å²) in [5.41, 5.74) is 0. The van der Waals surface area contributed by atoms with E-state index in [1.54, 1.807) is 12.2 Å². The van der Waals surface area contributed by atoms with E-state index in [-0.39, 0.29) is 0 Å². The topological polar surface area (TPSA) is 0 Å². The van der Waals surface area contributed by atoms with Gasteiger partial charge in [0.1, 0.15) is 0 Å². The lowest BCUT2D eigenvalue weighted by atomic mass is 10.3. The van der Waals surface area contributed by atoms with Crippen molar-refractivity contribution < 1.29 is 0 Å². The number of hydrogen-bond donors (Lipinski definition) is 0. The molecule has 101 valence electrons. The molecule has 0 unspecified atom stereocenters. The Kier molecular flexibility index (Phi) is 14.3. The second-order valence-electron chi connectivity index (χ2n) is 3.49. The van der Waals surface area contributed by atoms with E-state index in [4.69, 9.17) is 0 Å². The molecular formula is C20H21. The molecule has 0 atom stereocenters. The van der Waals surface area contributed by atoms with Crippen molar-refractivity contribution in [1.82, 2.24) is 0 Å². The Bertz CT molecular complexity index is 426. The van der Waals surface area contributed by atoms with Crippen molar-refractivity contribution in [2.24, 2.45) is 0 Å². The molecule has 0 aromatic heterocycles. The van der Waals surface area contributed by atoms with E-state index in [0.717, 1.165) is 0 Å². The zero-order chi connectivity index (χ0) is 14.7. The molecule has 0 aromatic carbocycles. The largest absolute Gasteiger partial charge is 0.0991 e. The number of rotatable bonds is 9. The Hall–Kier alpha value is -2.60. The molecule has 0 spiro atoms. The van der Waals surface area contributed by atoms with E-state index in [9.17, 15) is 0 Å². The molecule has 0 aromatic rings. The van der Waals surface area contributed by atoms with Gasteiger partial charge in [-0.15, -0.1) is 0 Å². The van der Waals surface area contributed by atoms with Crippen molar-refractivity contribution >= 4 is 0 Å². The molecule has 0 nitrogen and oxygen atoms in total.